The Morgan fingerprint density at radius 3 is 2.40 bits per heavy atom. The number of methoxy groups -OCH3 is 1. The Balaban J connectivity index is 1.65. The van der Waals surface area contributed by atoms with Gasteiger partial charge in [0.1, 0.15) is 29.1 Å². The minimum atomic E-state index is -0.868. The third-order valence-corrected chi connectivity index (χ3v) is 6.12. The molecule has 1 spiro atoms. The van der Waals surface area contributed by atoms with E-state index in [1.54, 1.807) is 17.0 Å². The molecule has 1 aliphatic carbocycles. The van der Waals surface area contributed by atoms with Crippen LogP contribution in [0.5, 0.6) is 5.75 Å². The number of rotatable bonds is 3. The van der Waals surface area contributed by atoms with Crippen LogP contribution in [0, 0.1) is 18.2 Å². The lowest BCUT2D eigenvalue weighted by atomic mass is 9.63. The van der Waals surface area contributed by atoms with Crippen LogP contribution in [0.4, 0.5) is 4.39 Å². The number of ether oxygens (including phenoxy) is 1. The van der Waals surface area contributed by atoms with Crippen molar-refractivity contribution in [3.05, 3.63) is 47.4 Å². The molecule has 2 fully saturated rings. The molecule has 1 aromatic carbocycles. The van der Waals surface area contributed by atoms with E-state index in [1.165, 1.54) is 20.1 Å². The van der Waals surface area contributed by atoms with Gasteiger partial charge in [0.05, 0.1) is 19.0 Å². The lowest BCUT2D eigenvalue weighted by molar-refractivity contribution is -0.153. The van der Waals surface area contributed by atoms with E-state index in [4.69, 9.17) is 4.74 Å². The molecule has 1 saturated carbocycles. The van der Waals surface area contributed by atoms with Crippen molar-refractivity contribution >= 4 is 17.5 Å². The number of aromatic nitrogens is 1. The van der Waals surface area contributed by atoms with Gasteiger partial charge in [-0.2, -0.15) is 0 Å². The van der Waals surface area contributed by atoms with Crippen molar-refractivity contribution < 1.29 is 23.5 Å². The summed E-state index contributed by atoms with van der Waals surface area (Å²) in [7, 11) is 1.50. The summed E-state index contributed by atoms with van der Waals surface area (Å²) in [5.41, 5.74) is 2.20. The predicted molar refractivity (Wildman–Crippen MR) is 108 cm³/mol. The summed E-state index contributed by atoms with van der Waals surface area (Å²) >= 11 is 0. The summed E-state index contributed by atoms with van der Waals surface area (Å²) < 4.78 is 18.7. The zero-order valence-electron chi connectivity index (χ0n) is 17.2. The topological polar surface area (TPSA) is 76.6 Å². The van der Waals surface area contributed by atoms with Gasteiger partial charge in [-0.25, -0.2) is 4.39 Å². The first-order valence-corrected chi connectivity index (χ1v) is 9.84. The number of hydrogen-bond donors (Lipinski definition) is 0. The maximum Gasteiger partial charge on any atom is 0.219 e. The smallest absolute Gasteiger partial charge is 0.219 e. The summed E-state index contributed by atoms with van der Waals surface area (Å²) in [6.07, 6.45) is 1.69. The molecule has 1 amide bonds. The van der Waals surface area contributed by atoms with E-state index >= 15 is 0 Å². The quantitative estimate of drug-likeness (QED) is 0.727. The first-order valence-electron chi connectivity index (χ1n) is 9.84. The van der Waals surface area contributed by atoms with E-state index in [9.17, 15) is 18.8 Å². The number of Topliss-reactive ketones (excluding diaryl/α,β-unsaturated/α-hetero) is 2. The number of aryl methyl sites for hydroxylation is 1. The maximum absolute atomic E-state index is 13.2. The highest BCUT2D eigenvalue weighted by Crippen LogP contribution is 2.47. The number of ketones is 2. The molecule has 0 radical (unpaired) electrons. The van der Waals surface area contributed by atoms with Crippen LogP contribution >= 0.6 is 0 Å². The molecular weight excluding hydrogens is 387 g/mol. The third-order valence-electron chi connectivity index (χ3n) is 6.12. The zero-order valence-corrected chi connectivity index (χ0v) is 17.2. The number of carbonyl (C=O) groups excluding carboxylic acids is 3. The minimum Gasteiger partial charge on any atom is -0.496 e. The van der Waals surface area contributed by atoms with E-state index in [-0.39, 0.29) is 30.3 Å². The van der Waals surface area contributed by atoms with E-state index in [0.717, 1.165) is 17.3 Å². The number of hydrogen-bond acceptors (Lipinski definition) is 5. The van der Waals surface area contributed by atoms with Crippen LogP contribution in [0.25, 0.3) is 11.3 Å². The number of amides is 1. The molecule has 0 bridgehead atoms. The number of halogens is 1. The molecule has 0 atom stereocenters. The van der Waals surface area contributed by atoms with Crippen molar-refractivity contribution in [2.75, 3.05) is 20.2 Å². The van der Waals surface area contributed by atoms with Gasteiger partial charge in [0.15, 0.2) is 0 Å². The second kappa shape index (κ2) is 7.31. The molecule has 0 unspecified atom stereocenters. The van der Waals surface area contributed by atoms with Crippen LogP contribution in [0.2, 0.25) is 0 Å². The van der Waals surface area contributed by atoms with Crippen molar-refractivity contribution in [1.29, 1.82) is 0 Å². The van der Waals surface area contributed by atoms with E-state index in [1.807, 2.05) is 13.0 Å². The molecule has 6 nitrogen and oxygen atoms in total. The van der Waals surface area contributed by atoms with Crippen molar-refractivity contribution in [2.24, 2.45) is 5.41 Å². The molecule has 1 aromatic heterocycles. The van der Waals surface area contributed by atoms with E-state index < -0.39 is 17.2 Å². The number of benzene rings is 1. The Hall–Kier alpha value is -3.09. The molecule has 1 aliphatic heterocycles. The second-order valence-electron chi connectivity index (χ2n) is 8.37. The van der Waals surface area contributed by atoms with Crippen molar-refractivity contribution in [1.82, 2.24) is 9.88 Å². The SMILES string of the molecule is COc1cc(-c2ccc(F)cn2)cc(C)c1C1C(=O)CC2(CC1=O)CN(C(C)=O)C2. The molecule has 2 aliphatic rings. The fraction of sp³-hybridized carbons (Fsp3) is 0.391. The fourth-order valence-corrected chi connectivity index (χ4v) is 4.72. The summed E-state index contributed by atoms with van der Waals surface area (Å²) in [6.45, 7) is 4.24. The number of carbonyl (C=O) groups is 3. The molecular formula is C23H23FN2O4. The largest absolute Gasteiger partial charge is 0.496 e. The van der Waals surface area contributed by atoms with Crippen LogP contribution in [0.15, 0.2) is 30.5 Å². The number of likely N-dealkylation sites (tertiary alicyclic amines) is 1. The van der Waals surface area contributed by atoms with Crippen LogP contribution in [-0.2, 0) is 14.4 Å². The van der Waals surface area contributed by atoms with Crippen LogP contribution < -0.4 is 4.74 Å². The minimum absolute atomic E-state index is 0.0369. The molecule has 156 valence electrons. The van der Waals surface area contributed by atoms with Crippen LogP contribution in [0.1, 0.15) is 36.8 Å². The summed E-state index contributed by atoms with van der Waals surface area (Å²) in [5.74, 6) is -1.16. The maximum atomic E-state index is 13.2. The number of nitrogens with zero attached hydrogens (tertiary/aromatic N) is 2. The average Bonchev–Trinajstić information content (AvgIpc) is 2.66. The van der Waals surface area contributed by atoms with Crippen LogP contribution in [-0.4, -0.2) is 47.6 Å². The molecule has 2 heterocycles. The highest BCUT2D eigenvalue weighted by Gasteiger charge is 2.53. The van der Waals surface area contributed by atoms with Gasteiger partial charge in [-0.15, -0.1) is 0 Å². The molecule has 1 saturated heterocycles. The normalized spacial score (nSPS) is 18.5. The fourth-order valence-electron chi connectivity index (χ4n) is 4.72. The Morgan fingerprint density at radius 1 is 1.20 bits per heavy atom. The van der Waals surface area contributed by atoms with E-state index in [2.05, 4.69) is 4.98 Å². The number of pyridine rings is 1. The van der Waals surface area contributed by atoms with Gasteiger partial charge in [0.25, 0.3) is 0 Å². The van der Waals surface area contributed by atoms with Gasteiger partial charge in [0, 0.05) is 49.4 Å². The van der Waals surface area contributed by atoms with Gasteiger partial charge in [0.2, 0.25) is 5.91 Å². The molecule has 0 N–H and O–H groups in total. The van der Waals surface area contributed by atoms with Gasteiger partial charge < -0.3 is 9.64 Å². The lowest BCUT2D eigenvalue weighted by Crippen LogP contribution is -2.61. The van der Waals surface area contributed by atoms with E-state index in [0.29, 0.717) is 30.1 Å². The lowest BCUT2D eigenvalue weighted by Gasteiger charge is -2.52. The van der Waals surface area contributed by atoms with Gasteiger partial charge in [-0.3, -0.25) is 19.4 Å². The molecule has 30 heavy (non-hydrogen) atoms. The predicted octanol–water partition coefficient (Wildman–Crippen LogP) is 3.07. The third kappa shape index (κ3) is 3.38. The summed E-state index contributed by atoms with van der Waals surface area (Å²) in [6, 6.07) is 6.47. The second-order valence-corrected chi connectivity index (χ2v) is 8.37. The highest BCUT2D eigenvalue weighted by molar-refractivity contribution is 6.11. The highest BCUT2D eigenvalue weighted by atomic mass is 19.1. The average molecular weight is 410 g/mol. The molecule has 2 aromatic rings. The summed E-state index contributed by atoms with van der Waals surface area (Å²) in [5, 5.41) is 0. The van der Waals surface area contributed by atoms with Crippen LogP contribution in [0.3, 0.4) is 0 Å². The van der Waals surface area contributed by atoms with Crippen molar-refractivity contribution in [2.45, 2.75) is 32.6 Å². The van der Waals surface area contributed by atoms with Gasteiger partial charge >= 0.3 is 0 Å². The first-order chi connectivity index (χ1) is 14.2. The Kier molecular flexibility index (Phi) is 4.92. The first kappa shape index (κ1) is 20.2. The summed E-state index contributed by atoms with van der Waals surface area (Å²) in [4.78, 5) is 43.4. The Labute approximate surface area is 174 Å². The van der Waals surface area contributed by atoms with Crippen molar-refractivity contribution in [3.63, 3.8) is 0 Å². The monoisotopic (exact) mass is 410 g/mol. The Morgan fingerprint density at radius 2 is 1.87 bits per heavy atom. The Bertz CT molecular complexity index is 1020. The van der Waals surface area contributed by atoms with Gasteiger partial charge in [-0.05, 0) is 36.8 Å². The van der Waals surface area contributed by atoms with Crippen molar-refractivity contribution in [3.8, 4) is 17.0 Å². The molecule has 7 heteroatoms. The van der Waals surface area contributed by atoms with Gasteiger partial charge in [-0.1, -0.05) is 0 Å². The molecule has 4 rings (SSSR count). The zero-order chi connectivity index (χ0) is 21.6. The standard InChI is InChI=1S/C23H23FN2O4/c1-13-6-15(17-5-4-16(24)10-25-17)7-20(30-3)21(13)22-18(28)8-23(9-19(22)29)11-26(12-23)14(2)27/h4-7,10,22H,8-9,11-12H2,1-3H3.